The van der Waals surface area contributed by atoms with Crippen molar-refractivity contribution < 1.29 is 18.7 Å². The van der Waals surface area contributed by atoms with E-state index in [-0.39, 0.29) is 11.7 Å². The minimum atomic E-state index is -0.293. The quantitative estimate of drug-likeness (QED) is 0.244. The van der Waals surface area contributed by atoms with E-state index < -0.39 is 0 Å². The highest BCUT2D eigenvalue weighted by Crippen LogP contribution is 2.14. The zero-order chi connectivity index (χ0) is 20.3. The predicted octanol–water partition coefficient (Wildman–Crippen LogP) is 3.91. The maximum Gasteiger partial charge on any atom is 0.170 e. The summed E-state index contributed by atoms with van der Waals surface area (Å²) >= 11 is 0. The number of aromatic nitrogens is 1. The van der Waals surface area contributed by atoms with Crippen LogP contribution in [0.15, 0.2) is 78.2 Å². The molecule has 0 amide bonds. The highest BCUT2D eigenvalue weighted by Gasteiger charge is 2.02. The number of amidine groups is 1. The summed E-state index contributed by atoms with van der Waals surface area (Å²) in [6.45, 7) is 1.23. The number of oxime groups is 1. The van der Waals surface area contributed by atoms with Gasteiger partial charge in [0, 0.05) is 29.9 Å². The first-order chi connectivity index (χ1) is 14.2. The third-order valence-corrected chi connectivity index (χ3v) is 3.90. The topological polar surface area (TPSA) is 79.0 Å². The summed E-state index contributed by atoms with van der Waals surface area (Å²) in [7, 11) is 0. The molecule has 1 heterocycles. The van der Waals surface area contributed by atoms with E-state index >= 15 is 0 Å². The molecule has 0 unspecified atom stereocenters. The van der Waals surface area contributed by atoms with E-state index in [2.05, 4.69) is 10.1 Å². The minimum Gasteiger partial charge on any atom is -0.493 e. The van der Waals surface area contributed by atoms with Gasteiger partial charge in [0.25, 0.3) is 0 Å². The van der Waals surface area contributed by atoms with E-state index in [4.69, 9.17) is 20.0 Å². The van der Waals surface area contributed by atoms with Crippen molar-refractivity contribution in [2.24, 2.45) is 10.9 Å². The molecular weight excluding hydrogens is 373 g/mol. The number of halogens is 1. The average molecular weight is 395 g/mol. The molecule has 0 atom stereocenters. The van der Waals surface area contributed by atoms with Crippen molar-refractivity contribution in [1.29, 1.82) is 0 Å². The lowest BCUT2D eigenvalue weighted by molar-refractivity contribution is 0.127. The molecule has 0 aliphatic heterocycles. The Bertz CT molecular complexity index is 901. The molecule has 3 aromatic rings. The molecule has 2 N–H and O–H groups in total. The molecule has 0 bridgehead atoms. The van der Waals surface area contributed by atoms with Gasteiger partial charge in [0.05, 0.1) is 6.61 Å². The van der Waals surface area contributed by atoms with Gasteiger partial charge >= 0.3 is 0 Å². The number of hydrogen-bond donors (Lipinski definition) is 1. The molecule has 2 aromatic carbocycles. The van der Waals surface area contributed by atoms with Crippen LogP contribution in [-0.4, -0.2) is 24.0 Å². The Morgan fingerprint density at radius 2 is 1.66 bits per heavy atom. The van der Waals surface area contributed by atoms with E-state index in [9.17, 15) is 4.39 Å². The van der Waals surface area contributed by atoms with Gasteiger partial charge in [-0.05, 0) is 54.6 Å². The SMILES string of the molecule is N/C(=N/OCCCOc1ccc(F)cc1)c1ccc(OCc2cccnc2)cc1. The Morgan fingerprint density at radius 3 is 2.38 bits per heavy atom. The van der Waals surface area contributed by atoms with Gasteiger partial charge in [0.15, 0.2) is 5.84 Å². The highest BCUT2D eigenvalue weighted by molar-refractivity contribution is 5.97. The Morgan fingerprint density at radius 1 is 0.931 bits per heavy atom. The summed E-state index contributed by atoms with van der Waals surface area (Å²) in [5.74, 6) is 1.33. The van der Waals surface area contributed by atoms with Gasteiger partial charge in [-0.3, -0.25) is 4.98 Å². The van der Waals surface area contributed by atoms with Gasteiger partial charge in [-0.15, -0.1) is 0 Å². The van der Waals surface area contributed by atoms with Gasteiger partial charge in [0.1, 0.15) is 30.5 Å². The van der Waals surface area contributed by atoms with E-state index in [1.165, 1.54) is 12.1 Å². The van der Waals surface area contributed by atoms with Crippen LogP contribution in [0.2, 0.25) is 0 Å². The van der Waals surface area contributed by atoms with Crippen LogP contribution < -0.4 is 15.2 Å². The number of rotatable bonds is 10. The first-order valence-electron chi connectivity index (χ1n) is 9.16. The van der Waals surface area contributed by atoms with Crippen LogP contribution in [-0.2, 0) is 11.4 Å². The Balaban J connectivity index is 1.37. The normalized spacial score (nSPS) is 11.1. The monoisotopic (exact) mass is 395 g/mol. The molecule has 0 spiro atoms. The number of pyridine rings is 1. The highest BCUT2D eigenvalue weighted by atomic mass is 19.1. The standard InChI is InChI=1S/C22H22FN3O3/c23-19-6-10-20(11-7-19)27-13-2-14-29-26-22(24)18-4-8-21(9-5-18)28-16-17-3-1-12-25-15-17/h1,3-12,15H,2,13-14,16H2,(H2,24,26). The molecule has 3 rings (SSSR count). The number of nitrogens with zero attached hydrogens (tertiary/aromatic N) is 2. The zero-order valence-electron chi connectivity index (χ0n) is 15.8. The van der Waals surface area contributed by atoms with E-state index in [1.54, 1.807) is 24.5 Å². The van der Waals surface area contributed by atoms with Gasteiger partial charge in [-0.2, -0.15) is 0 Å². The third kappa shape index (κ3) is 6.80. The van der Waals surface area contributed by atoms with E-state index in [0.29, 0.717) is 32.0 Å². The van der Waals surface area contributed by atoms with Crippen molar-refractivity contribution in [1.82, 2.24) is 4.98 Å². The Kier molecular flexibility index (Phi) is 7.40. The summed E-state index contributed by atoms with van der Waals surface area (Å²) in [5, 5.41) is 3.91. The number of hydrogen-bond acceptors (Lipinski definition) is 5. The predicted molar refractivity (Wildman–Crippen MR) is 108 cm³/mol. The van der Waals surface area contributed by atoms with E-state index in [0.717, 1.165) is 16.9 Å². The van der Waals surface area contributed by atoms with Crippen LogP contribution in [0.3, 0.4) is 0 Å². The molecule has 0 aliphatic carbocycles. The average Bonchev–Trinajstić information content (AvgIpc) is 2.77. The van der Waals surface area contributed by atoms with E-state index in [1.807, 2.05) is 36.4 Å². The first kappa shape index (κ1) is 20.1. The van der Waals surface area contributed by atoms with Crippen LogP contribution in [0.1, 0.15) is 17.5 Å². The van der Waals surface area contributed by atoms with Crippen molar-refractivity contribution in [2.45, 2.75) is 13.0 Å². The molecule has 7 heteroatoms. The van der Waals surface area contributed by atoms with Gasteiger partial charge in [0.2, 0.25) is 0 Å². The Hall–Kier alpha value is -3.61. The summed E-state index contributed by atoms with van der Waals surface area (Å²) in [4.78, 5) is 9.28. The minimum absolute atomic E-state index is 0.281. The lowest BCUT2D eigenvalue weighted by Gasteiger charge is -2.07. The van der Waals surface area contributed by atoms with Crippen molar-refractivity contribution in [3.63, 3.8) is 0 Å². The first-order valence-corrected chi connectivity index (χ1v) is 9.16. The van der Waals surface area contributed by atoms with Crippen LogP contribution >= 0.6 is 0 Å². The van der Waals surface area contributed by atoms with Crippen molar-refractivity contribution in [3.8, 4) is 11.5 Å². The van der Waals surface area contributed by atoms with Crippen LogP contribution in [0.5, 0.6) is 11.5 Å². The lowest BCUT2D eigenvalue weighted by Crippen LogP contribution is -2.14. The number of ether oxygens (including phenoxy) is 2. The number of nitrogens with two attached hydrogens (primary N) is 1. The van der Waals surface area contributed by atoms with Crippen LogP contribution in [0.4, 0.5) is 4.39 Å². The summed E-state index contributed by atoms with van der Waals surface area (Å²) in [5.41, 5.74) is 7.67. The van der Waals surface area contributed by atoms with Crippen molar-refractivity contribution in [2.75, 3.05) is 13.2 Å². The second kappa shape index (κ2) is 10.7. The molecule has 0 radical (unpaired) electrons. The fourth-order valence-corrected chi connectivity index (χ4v) is 2.38. The van der Waals surface area contributed by atoms with Crippen molar-refractivity contribution >= 4 is 5.84 Å². The third-order valence-electron chi connectivity index (χ3n) is 3.90. The summed E-state index contributed by atoms with van der Waals surface area (Å²) in [6.07, 6.45) is 4.11. The molecule has 0 saturated heterocycles. The van der Waals surface area contributed by atoms with Crippen molar-refractivity contribution in [3.05, 3.63) is 90.0 Å². The second-order valence-electron chi connectivity index (χ2n) is 6.14. The maximum atomic E-state index is 12.8. The molecule has 6 nitrogen and oxygen atoms in total. The Labute approximate surface area is 168 Å². The smallest absolute Gasteiger partial charge is 0.170 e. The molecule has 0 saturated carbocycles. The number of benzene rings is 2. The largest absolute Gasteiger partial charge is 0.493 e. The van der Waals surface area contributed by atoms with Crippen LogP contribution in [0.25, 0.3) is 0 Å². The molecule has 0 fully saturated rings. The fourth-order valence-electron chi connectivity index (χ4n) is 2.38. The zero-order valence-corrected chi connectivity index (χ0v) is 15.8. The maximum absolute atomic E-state index is 12.8. The summed E-state index contributed by atoms with van der Waals surface area (Å²) < 4.78 is 24.0. The second-order valence-corrected chi connectivity index (χ2v) is 6.14. The molecule has 150 valence electrons. The van der Waals surface area contributed by atoms with Gasteiger partial charge in [-0.25, -0.2) is 4.39 Å². The molecule has 0 aliphatic rings. The summed E-state index contributed by atoms with van der Waals surface area (Å²) in [6, 6.07) is 17.0. The fraction of sp³-hybridized carbons (Fsp3) is 0.182. The van der Waals surface area contributed by atoms with Crippen LogP contribution in [0, 0.1) is 5.82 Å². The molecule has 1 aromatic heterocycles. The molecular formula is C22H22FN3O3. The van der Waals surface area contributed by atoms with Gasteiger partial charge < -0.3 is 20.0 Å². The molecule has 29 heavy (non-hydrogen) atoms. The lowest BCUT2D eigenvalue weighted by atomic mass is 10.2. The van der Waals surface area contributed by atoms with Gasteiger partial charge in [-0.1, -0.05) is 11.2 Å².